The lowest BCUT2D eigenvalue weighted by Gasteiger charge is -2.16. The van der Waals surface area contributed by atoms with E-state index >= 15 is 0 Å². The maximum absolute atomic E-state index is 13.5. The molecule has 0 aliphatic rings. The molecule has 0 aliphatic carbocycles. The van der Waals surface area contributed by atoms with E-state index in [0.717, 1.165) is 0 Å². The Morgan fingerprint density at radius 3 is 2.47 bits per heavy atom. The van der Waals surface area contributed by atoms with E-state index in [2.05, 4.69) is 5.32 Å². The molecular weight excluding hydrogens is 247 g/mol. The number of nitrogens with one attached hydrogen (secondary N) is 1. The maximum Gasteiger partial charge on any atom is 0.240 e. The van der Waals surface area contributed by atoms with E-state index in [-0.39, 0.29) is 18.2 Å². The van der Waals surface area contributed by atoms with Gasteiger partial charge in [-0.05, 0) is 17.5 Å². The second-order valence-corrected chi connectivity index (χ2v) is 4.92. The molecule has 3 N–H and O–H groups in total. The molecule has 1 rings (SSSR count). The van der Waals surface area contributed by atoms with Crippen LogP contribution in [0, 0.1) is 11.7 Å². The number of hydrogen-bond acceptors (Lipinski definition) is 2. The van der Waals surface area contributed by atoms with Gasteiger partial charge in [0.05, 0.1) is 0 Å². The molecule has 19 heavy (non-hydrogen) atoms. The number of nitrogens with two attached hydrogens (primary N) is 1. The first-order valence-electron chi connectivity index (χ1n) is 6.22. The van der Waals surface area contributed by atoms with Crippen LogP contribution < -0.4 is 11.1 Å². The normalized spacial score (nSPS) is 12.2. The van der Waals surface area contributed by atoms with Crippen LogP contribution in [0.4, 0.5) is 4.39 Å². The van der Waals surface area contributed by atoms with Crippen molar-refractivity contribution in [3.63, 3.8) is 0 Å². The quantitative estimate of drug-likeness (QED) is 0.816. The topological polar surface area (TPSA) is 72.2 Å². The minimum Gasteiger partial charge on any atom is -0.368 e. The molecule has 2 amide bonds. The van der Waals surface area contributed by atoms with Gasteiger partial charge in [-0.25, -0.2) is 4.39 Å². The first-order chi connectivity index (χ1) is 8.90. The van der Waals surface area contributed by atoms with Crippen molar-refractivity contribution in [1.29, 1.82) is 0 Å². The van der Waals surface area contributed by atoms with E-state index in [1.54, 1.807) is 18.2 Å². The van der Waals surface area contributed by atoms with Gasteiger partial charge in [0, 0.05) is 12.8 Å². The Bertz CT molecular complexity index is 461. The van der Waals surface area contributed by atoms with Crippen LogP contribution in [0.1, 0.15) is 25.8 Å². The van der Waals surface area contributed by atoms with Crippen LogP contribution in [0.2, 0.25) is 0 Å². The zero-order valence-corrected chi connectivity index (χ0v) is 11.2. The number of amides is 2. The molecular formula is C14H19FN2O2. The highest BCUT2D eigenvalue weighted by Crippen LogP contribution is 2.09. The summed E-state index contributed by atoms with van der Waals surface area (Å²) in [7, 11) is 0. The molecule has 104 valence electrons. The van der Waals surface area contributed by atoms with E-state index in [1.807, 2.05) is 13.8 Å². The average Bonchev–Trinajstić information content (AvgIpc) is 2.29. The van der Waals surface area contributed by atoms with Crippen molar-refractivity contribution in [2.45, 2.75) is 32.7 Å². The molecule has 0 aliphatic heterocycles. The Hall–Kier alpha value is -1.91. The third-order valence-corrected chi connectivity index (χ3v) is 2.65. The third kappa shape index (κ3) is 5.07. The molecule has 1 aromatic rings. The summed E-state index contributed by atoms with van der Waals surface area (Å²) in [5, 5.41) is 2.54. The van der Waals surface area contributed by atoms with Gasteiger partial charge >= 0.3 is 0 Å². The van der Waals surface area contributed by atoms with Gasteiger partial charge in [-0.1, -0.05) is 32.0 Å². The van der Waals surface area contributed by atoms with Crippen molar-refractivity contribution in [1.82, 2.24) is 5.32 Å². The van der Waals surface area contributed by atoms with Crippen molar-refractivity contribution < 1.29 is 14.0 Å². The van der Waals surface area contributed by atoms with Gasteiger partial charge in [-0.2, -0.15) is 0 Å². The maximum atomic E-state index is 13.5. The van der Waals surface area contributed by atoms with Crippen LogP contribution in [0.5, 0.6) is 0 Å². The standard InChI is InChI=1S/C14H19FN2O2/c1-9(2)7-13(18)17-12(14(16)19)8-10-5-3-4-6-11(10)15/h3-6,9,12H,7-8H2,1-2H3,(H2,16,19)(H,17,18)/t12-/m0/s1. The smallest absolute Gasteiger partial charge is 0.240 e. The number of hydrogen-bond donors (Lipinski definition) is 2. The number of carbonyl (C=O) groups is 2. The van der Waals surface area contributed by atoms with Gasteiger partial charge in [0.1, 0.15) is 11.9 Å². The molecule has 1 aromatic carbocycles. The van der Waals surface area contributed by atoms with Crippen LogP contribution in [-0.4, -0.2) is 17.9 Å². The lowest BCUT2D eigenvalue weighted by molar-refractivity contribution is -0.127. The molecule has 0 unspecified atom stereocenters. The highest BCUT2D eigenvalue weighted by atomic mass is 19.1. The molecule has 0 bridgehead atoms. The van der Waals surface area contributed by atoms with Gasteiger partial charge < -0.3 is 11.1 Å². The molecule has 0 saturated heterocycles. The fourth-order valence-electron chi connectivity index (χ4n) is 1.73. The van der Waals surface area contributed by atoms with E-state index in [9.17, 15) is 14.0 Å². The summed E-state index contributed by atoms with van der Waals surface area (Å²) in [5.74, 6) is -1.15. The number of carbonyl (C=O) groups excluding carboxylic acids is 2. The Morgan fingerprint density at radius 1 is 1.32 bits per heavy atom. The van der Waals surface area contributed by atoms with Gasteiger partial charge in [-0.15, -0.1) is 0 Å². The van der Waals surface area contributed by atoms with Crippen molar-refractivity contribution >= 4 is 11.8 Å². The molecule has 0 aromatic heterocycles. The van der Waals surface area contributed by atoms with Gasteiger partial charge in [0.15, 0.2) is 0 Å². The SMILES string of the molecule is CC(C)CC(=O)N[C@@H](Cc1ccccc1F)C(N)=O. The zero-order valence-electron chi connectivity index (χ0n) is 11.2. The van der Waals surface area contributed by atoms with Crippen molar-refractivity contribution in [3.05, 3.63) is 35.6 Å². The first-order valence-corrected chi connectivity index (χ1v) is 6.22. The van der Waals surface area contributed by atoms with E-state index < -0.39 is 17.8 Å². The number of benzene rings is 1. The summed E-state index contributed by atoms with van der Waals surface area (Å²) in [6.45, 7) is 3.80. The molecule has 0 heterocycles. The lowest BCUT2D eigenvalue weighted by atomic mass is 10.0. The van der Waals surface area contributed by atoms with E-state index in [0.29, 0.717) is 12.0 Å². The highest BCUT2D eigenvalue weighted by molar-refractivity contribution is 5.86. The summed E-state index contributed by atoms with van der Waals surface area (Å²) in [6.07, 6.45) is 0.368. The monoisotopic (exact) mass is 266 g/mol. The van der Waals surface area contributed by atoms with Gasteiger partial charge in [0.2, 0.25) is 11.8 Å². The van der Waals surface area contributed by atoms with E-state index in [4.69, 9.17) is 5.73 Å². The minimum absolute atomic E-state index is 0.0614. The average molecular weight is 266 g/mol. The van der Waals surface area contributed by atoms with Crippen LogP contribution in [0.3, 0.4) is 0 Å². The van der Waals surface area contributed by atoms with Crippen LogP contribution in [0.25, 0.3) is 0 Å². The van der Waals surface area contributed by atoms with E-state index in [1.165, 1.54) is 6.07 Å². The first kappa shape index (κ1) is 15.1. The van der Waals surface area contributed by atoms with Crippen LogP contribution >= 0.6 is 0 Å². The second kappa shape index (κ2) is 6.87. The Kier molecular flexibility index (Phi) is 5.48. The number of primary amides is 1. The molecule has 5 heteroatoms. The number of halogens is 1. The highest BCUT2D eigenvalue weighted by Gasteiger charge is 2.20. The molecule has 0 saturated carbocycles. The Morgan fingerprint density at radius 2 is 1.95 bits per heavy atom. The second-order valence-electron chi connectivity index (χ2n) is 4.92. The van der Waals surface area contributed by atoms with Gasteiger partial charge in [0.25, 0.3) is 0 Å². The summed E-state index contributed by atoms with van der Waals surface area (Å²) >= 11 is 0. The predicted octanol–water partition coefficient (Wildman–Crippen LogP) is 1.38. The minimum atomic E-state index is -0.886. The fraction of sp³-hybridized carbons (Fsp3) is 0.429. The molecule has 0 fully saturated rings. The summed E-state index contributed by atoms with van der Waals surface area (Å²) in [4.78, 5) is 23.0. The van der Waals surface area contributed by atoms with Crippen molar-refractivity contribution in [3.8, 4) is 0 Å². The van der Waals surface area contributed by atoms with Crippen LogP contribution in [0.15, 0.2) is 24.3 Å². The van der Waals surface area contributed by atoms with Crippen LogP contribution in [-0.2, 0) is 16.0 Å². The third-order valence-electron chi connectivity index (χ3n) is 2.65. The lowest BCUT2D eigenvalue weighted by Crippen LogP contribution is -2.46. The largest absolute Gasteiger partial charge is 0.368 e. The van der Waals surface area contributed by atoms with Crippen molar-refractivity contribution in [2.24, 2.45) is 11.7 Å². The number of rotatable bonds is 6. The Labute approximate surface area is 112 Å². The summed E-state index contributed by atoms with van der Waals surface area (Å²) < 4.78 is 13.5. The summed E-state index contributed by atoms with van der Waals surface area (Å²) in [5.41, 5.74) is 5.60. The molecule has 4 nitrogen and oxygen atoms in total. The van der Waals surface area contributed by atoms with Crippen molar-refractivity contribution in [2.75, 3.05) is 0 Å². The molecule has 1 atom stereocenters. The van der Waals surface area contributed by atoms with Gasteiger partial charge in [-0.3, -0.25) is 9.59 Å². The predicted molar refractivity (Wildman–Crippen MR) is 70.7 cm³/mol. The zero-order chi connectivity index (χ0) is 14.4. The Balaban J connectivity index is 2.71. The molecule has 0 radical (unpaired) electrons. The fourth-order valence-corrected chi connectivity index (χ4v) is 1.73. The summed E-state index contributed by atoms with van der Waals surface area (Å²) in [6, 6.07) is 5.23. The molecule has 0 spiro atoms.